The Kier molecular flexibility index (Phi) is 4.43. The van der Waals surface area contributed by atoms with Crippen LogP contribution >= 0.6 is 0 Å². The van der Waals surface area contributed by atoms with E-state index in [1.165, 1.54) is 10.6 Å². The van der Waals surface area contributed by atoms with E-state index < -0.39 is 10.0 Å². The molecule has 0 fully saturated rings. The maximum atomic E-state index is 12.5. The largest absolute Gasteiger partial charge is 0.495 e. The zero-order valence-electron chi connectivity index (χ0n) is 14.3. The lowest BCUT2D eigenvalue weighted by Gasteiger charge is -2.21. The van der Waals surface area contributed by atoms with Crippen LogP contribution < -0.4 is 14.4 Å². The standard InChI is InChI=1S/C18H20N2O4S/c1-12-10-14-11-13(8-9-16(14)20(12)25(3,22)23)18(21)19-15-6-4-5-7-17(15)24-2/h4-9,11-12H,10H2,1-3H3,(H,19,21). The molecule has 0 saturated heterocycles. The van der Waals surface area contributed by atoms with Crippen molar-refractivity contribution in [3.63, 3.8) is 0 Å². The summed E-state index contributed by atoms with van der Waals surface area (Å²) in [6.07, 6.45) is 1.78. The van der Waals surface area contributed by atoms with Crippen molar-refractivity contribution in [2.75, 3.05) is 23.0 Å². The first-order valence-electron chi connectivity index (χ1n) is 7.88. The second-order valence-corrected chi connectivity index (χ2v) is 7.97. The molecule has 1 amide bonds. The van der Waals surface area contributed by atoms with E-state index in [0.717, 1.165) is 5.56 Å². The van der Waals surface area contributed by atoms with Crippen molar-refractivity contribution >= 4 is 27.3 Å². The van der Waals surface area contributed by atoms with Gasteiger partial charge in [0.1, 0.15) is 5.75 Å². The van der Waals surface area contributed by atoms with Crippen molar-refractivity contribution in [2.24, 2.45) is 0 Å². The van der Waals surface area contributed by atoms with Crippen LogP contribution in [0.2, 0.25) is 0 Å². The number of hydrogen-bond donors (Lipinski definition) is 1. The molecule has 1 atom stereocenters. The van der Waals surface area contributed by atoms with Crippen LogP contribution in [0.25, 0.3) is 0 Å². The van der Waals surface area contributed by atoms with Gasteiger partial charge >= 0.3 is 0 Å². The lowest BCUT2D eigenvalue weighted by molar-refractivity contribution is 0.102. The molecule has 6 nitrogen and oxygen atoms in total. The van der Waals surface area contributed by atoms with E-state index in [1.54, 1.807) is 37.4 Å². The smallest absolute Gasteiger partial charge is 0.255 e. The molecule has 0 aliphatic carbocycles. The molecule has 3 rings (SSSR count). The van der Waals surface area contributed by atoms with Crippen molar-refractivity contribution in [3.8, 4) is 5.75 Å². The zero-order valence-corrected chi connectivity index (χ0v) is 15.1. The molecular weight excluding hydrogens is 340 g/mol. The molecule has 2 aromatic carbocycles. The van der Waals surface area contributed by atoms with E-state index in [4.69, 9.17) is 4.74 Å². The molecule has 25 heavy (non-hydrogen) atoms. The summed E-state index contributed by atoms with van der Waals surface area (Å²) in [6, 6.07) is 12.1. The summed E-state index contributed by atoms with van der Waals surface area (Å²) in [6.45, 7) is 1.86. The van der Waals surface area contributed by atoms with E-state index in [2.05, 4.69) is 5.32 Å². The van der Waals surface area contributed by atoms with Gasteiger partial charge in [0, 0.05) is 11.6 Å². The maximum absolute atomic E-state index is 12.5. The third kappa shape index (κ3) is 3.32. The fourth-order valence-corrected chi connectivity index (χ4v) is 4.46. The van der Waals surface area contributed by atoms with Gasteiger partial charge in [-0.15, -0.1) is 0 Å². The topological polar surface area (TPSA) is 75.7 Å². The lowest BCUT2D eigenvalue weighted by atomic mass is 10.1. The van der Waals surface area contributed by atoms with Gasteiger partial charge < -0.3 is 10.1 Å². The molecule has 0 aromatic heterocycles. The first-order chi connectivity index (χ1) is 11.8. The summed E-state index contributed by atoms with van der Waals surface area (Å²) < 4.78 is 30.6. The molecule has 2 aromatic rings. The summed E-state index contributed by atoms with van der Waals surface area (Å²) in [5.74, 6) is 0.312. The van der Waals surface area contributed by atoms with E-state index in [0.29, 0.717) is 29.1 Å². The van der Waals surface area contributed by atoms with E-state index in [9.17, 15) is 13.2 Å². The van der Waals surface area contributed by atoms with Crippen LogP contribution in [0.5, 0.6) is 5.75 Å². The third-order valence-electron chi connectivity index (χ3n) is 4.21. The SMILES string of the molecule is COc1ccccc1NC(=O)c1ccc2c(c1)CC(C)N2S(C)(=O)=O. The Labute approximate surface area is 147 Å². The highest BCUT2D eigenvalue weighted by molar-refractivity contribution is 7.92. The molecule has 1 unspecified atom stereocenters. The first-order valence-corrected chi connectivity index (χ1v) is 9.73. The predicted molar refractivity (Wildman–Crippen MR) is 97.9 cm³/mol. The number of para-hydroxylation sites is 2. The highest BCUT2D eigenvalue weighted by Gasteiger charge is 2.32. The number of carbonyl (C=O) groups is 1. The first kappa shape index (κ1) is 17.3. The van der Waals surface area contributed by atoms with Gasteiger partial charge in [0.05, 0.1) is 24.7 Å². The van der Waals surface area contributed by atoms with Crippen LogP contribution in [0.1, 0.15) is 22.8 Å². The van der Waals surface area contributed by atoms with Crippen LogP contribution in [0.3, 0.4) is 0 Å². The van der Waals surface area contributed by atoms with Crippen LogP contribution in [-0.2, 0) is 16.4 Å². The van der Waals surface area contributed by atoms with Crippen LogP contribution in [0.4, 0.5) is 11.4 Å². The lowest BCUT2D eigenvalue weighted by Crippen LogP contribution is -2.34. The molecule has 1 aliphatic rings. The number of ether oxygens (including phenoxy) is 1. The van der Waals surface area contributed by atoms with Gasteiger partial charge in [-0.05, 0) is 49.2 Å². The number of benzene rings is 2. The van der Waals surface area contributed by atoms with Gasteiger partial charge in [-0.1, -0.05) is 12.1 Å². The van der Waals surface area contributed by atoms with Crippen molar-refractivity contribution in [2.45, 2.75) is 19.4 Å². The molecule has 0 spiro atoms. The van der Waals surface area contributed by atoms with Crippen LogP contribution in [-0.4, -0.2) is 33.7 Å². The molecule has 1 N–H and O–H groups in total. The molecule has 7 heteroatoms. The summed E-state index contributed by atoms with van der Waals surface area (Å²) in [4.78, 5) is 12.5. The highest BCUT2D eigenvalue weighted by Crippen LogP contribution is 2.35. The van der Waals surface area contributed by atoms with Gasteiger partial charge in [-0.25, -0.2) is 8.42 Å². The Hall–Kier alpha value is -2.54. The van der Waals surface area contributed by atoms with Crippen molar-refractivity contribution in [1.82, 2.24) is 0 Å². The number of methoxy groups -OCH3 is 1. The van der Waals surface area contributed by atoms with Gasteiger partial charge in [0.15, 0.2) is 0 Å². The van der Waals surface area contributed by atoms with E-state index in [1.807, 2.05) is 19.1 Å². The Balaban J connectivity index is 1.88. The van der Waals surface area contributed by atoms with Crippen molar-refractivity contribution < 1.29 is 17.9 Å². The van der Waals surface area contributed by atoms with Gasteiger partial charge in [0.2, 0.25) is 10.0 Å². The minimum Gasteiger partial charge on any atom is -0.495 e. The molecule has 0 radical (unpaired) electrons. The average Bonchev–Trinajstić information content (AvgIpc) is 2.90. The second-order valence-electron chi connectivity index (χ2n) is 6.11. The fraction of sp³-hybridized carbons (Fsp3) is 0.278. The van der Waals surface area contributed by atoms with Crippen molar-refractivity contribution in [3.05, 3.63) is 53.6 Å². The van der Waals surface area contributed by atoms with Gasteiger partial charge in [-0.2, -0.15) is 0 Å². The number of rotatable bonds is 4. The maximum Gasteiger partial charge on any atom is 0.255 e. The molecule has 1 heterocycles. The number of nitrogens with one attached hydrogen (secondary N) is 1. The molecular formula is C18H20N2O4S. The Morgan fingerprint density at radius 2 is 1.96 bits per heavy atom. The molecule has 132 valence electrons. The zero-order chi connectivity index (χ0) is 18.2. The molecule has 0 saturated carbocycles. The number of hydrogen-bond acceptors (Lipinski definition) is 4. The van der Waals surface area contributed by atoms with Gasteiger partial charge in [0.25, 0.3) is 5.91 Å². The Morgan fingerprint density at radius 3 is 2.64 bits per heavy atom. The molecule has 0 bridgehead atoms. The minimum absolute atomic E-state index is 0.155. The average molecular weight is 360 g/mol. The number of sulfonamides is 1. The normalized spacial score (nSPS) is 16.4. The number of carbonyl (C=O) groups excluding carboxylic acids is 1. The monoisotopic (exact) mass is 360 g/mol. The van der Waals surface area contributed by atoms with E-state index in [-0.39, 0.29) is 11.9 Å². The highest BCUT2D eigenvalue weighted by atomic mass is 32.2. The third-order valence-corrected chi connectivity index (χ3v) is 5.48. The minimum atomic E-state index is -3.34. The quantitative estimate of drug-likeness (QED) is 0.909. The van der Waals surface area contributed by atoms with Crippen LogP contribution in [0, 0.1) is 0 Å². The Bertz CT molecular complexity index is 924. The number of anilines is 2. The second kappa shape index (κ2) is 6.40. The summed E-state index contributed by atoms with van der Waals surface area (Å²) >= 11 is 0. The fourth-order valence-electron chi connectivity index (χ4n) is 3.19. The van der Waals surface area contributed by atoms with Crippen molar-refractivity contribution in [1.29, 1.82) is 0 Å². The van der Waals surface area contributed by atoms with Crippen LogP contribution in [0.15, 0.2) is 42.5 Å². The van der Waals surface area contributed by atoms with E-state index >= 15 is 0 Å². The summed E-state index contributed by atoms with van der Waals surface area (Å²) in [7, 11) is -1.80. The number of nitrogens with zero attached hydrogens (tertiary/aromatic N) is 1. The molecule has 1 aliphatic heterocycles. The van der Waals surface area contributed by atoms with Gasteiger partial charge in [-0.3, -0.25) is 9.10 Å². The summed E-state index contributed by atoms with van der Waals surface area (Å²) in [5, 5.41) is 2.83. The Morgan fingerprint density at radius 1 is 1.24 bits per heavy atom. The number of fused-ring (bicyclic) bond motifs is 1. The summed E-state index contributed by atoms with van der Waals surface area (Å²) in [5.41, 5.74) is 2.56. The predicted octanol–water partition coefficient (Wildman–Crippen LogP) is 2.66. The number of amides is 1.